The van der Waals surface area contributed by atoms with Crippen LogP contribution in [0.15, 0.2) is 48.8 Å². The second-order valence-electron chi connectivity index (χ2n) is 5.73. The number of hydrogen-bond donors (Lipinski definition) is 2. The molecule has 2 aromatic heterocycles. The van der Waals surface area contributed by atoms with Gasteiger partial charge in [0.1, 0.15) is 0 Å². The highest BCUT2D eigenvalue weighted by molar-refractivity contribution is 7.26. The highest BCUT2D eigenvalue weighted by atomic mass is 32.1. The lowest BCUT2D eigenvalue weighted by Crippen LogP contribution is -2.30. The average molecular weight is 305 g/mol. The van der Waals surface area contributed by atoms with Crippen molar-refractivity contribution in [1.29, 1.82) is 0 Å². The summed E-state index contributed by atoms with van der Waals surface area (Å²) in [6, 6.07) is 15.5. The van der Waals surface area contributed by atoms with Gasteiger partial charge >= 0.3 is 0 Å². The number of H-pyrrole nitrogens is 1. The zero-order valence-corrected chi connectivity index (χ0v) is 12.8. The van der Waals surface area contributed by atoms with Crippen LogP contribution in [0.1, 0.15) is 23.0 Å². The number of aromatic nitrogens is 2. The summed E-state index contributed by atoms with van der Waals surface area (Å²) < 4.78 is 2.72. The first kappa shape index (κ1) is 12.4. The summed E-state index contributed by atoms with van der Waals surface area (Å²) in [5.74, 6) is 0. The number of thiophene rings is 1. The Bertz CT molecular complexity index is 982. The number of nitrogens with zero attached hydrogens (tertiary/aromatic N) is 1. The van der Waals surface area contributed by atoms with Crippen molar-refractivity contribution in [2.45, 2.75) is 12.5 Å². The van der Waals surface area contributed by atoms with Crippen LogP contribution in [-0.4, -0.2) is 16.5 Å². The Kier molecular flexibility index (Phi) is 2.62. The fourth-order valence-corrected chi connectivity index (χ4v) is 4.72. The highest BCUT2D eigenvalue weighted by Gasteiger charge is 2.25. The van der Waals surface area contributed by atoms with Gasteiger partial charge in [-0.1, -0.05) is 36.4 Å². The predicted molar refractivity (Wildman–Crippen MR) is 91.5 cm³/mol. The van der Waals surface area contributed by atoms with Crippen LogP contribution in [0.2, 0.25) is 0 Å². The molecule has 0 bridgehead atoms. The van der Waals surface area contributed by atoms with Gasteiger partial charge in [-0.25, -0.2) is 4.98 Å². The number of benzene rings is 2. The van der Waals surface area contributed by atoms with E-state index in [0.717, 1.165) is 18.7 Å². The largest absolute Gasteiger partial charge is 0.348 e. The molecule has 0 fully saturated rings. The summed E-state index contributed by atoms with van der Waals surface area (Å²) in [5.41, 5.74) is 3.75. The third-order valence-electron chi connectivity index (χ3n) is 4.49. The van der Waals surface area contributed by atoms with Gasteiger partial charge < -0.3 is 10.3 Å². The molecule has 0 saturated carbocycles. The second-order valence-corrected chi connectivity index (χ2v) is 6.78. The quantitative estimate of drug-likeness (QED) is 0.558. The fourth-order valence-electron chi connectivity index (χ4n) is 3.47. The van der Waals surface area contributed by atoms with Crippen molar-refractivity contribution < 1.29 is 0 Å². The Morgan fingerprint density at radius 2 is 1.95 bits per heavy atom. The third-order valence-corrected chi connectivity index (χ3v) is 5.73. The highest BCUT2D eigenvalue weighted by Crippen LogP contribution is 2.39. The summed E-state index contributed by atoms with van der Waals surface area (Å²) in [7, 11) is 0. The average Bonchev–Trinajstić information content (AvgIpc) is 3.18. The van der Waals surface area contributed by atoms with E-state index in [1.807, 2.05) is 17.7 Å². The minimum Gasteiger partial charge on any atom is -0.348 e. The molecule has 0 saturated heterocycles. The van der Waals surface area contributed by atoms with Crippen molar-refractivity contribution in [3.05, 3.63) is 65.7 Å². The monoisotopic (exact) mass is 305 g/mol. The summed E-state index contributed by atoms with van der Waals surface area (Å²) in [5, 5.41) is 6.34. The van der Waals surface area contributed by atoms with Gasteiger partial charge in [0.05, 0.1) is 18.1 Å². The van der Waals surface area contributed by atoms with E-state index in [-0.39, 0.29) is 6.04 Å². The van der Waals surface area contributed by atoms with Crippen LogP contribution in [0.3, 0.4) is 0 Å². The van der Waals surface area contributed by atoms with Crippen molar-refractivity contribution in [3.63, 3.8) is 0 Å². The molecular formula is C18H15N3S. The molecule has 4 heteroatoms. The molecule has 4 aromatic rings. The molecule has 2 aromatic carbocycles. The van der Waals surface area contributed by atoms with Gasteiger partial charge in [0.2, 0.25) is 0 Å². The zero-order chi connectivity index (χ0) is 14.5. The van der Waals surface area contributed by atoms with Gasteiger partial charge in [0.25, 0.3) is 0 Å². The maximum Gasteiger partial charge on any atom is 0.0926 e. The van der Waals surface area contributed by atoms with E-state index >= 15 is 0 Å². The smallest absolute Gasteiger partial charge is 0.0926 e. The molecule has 1 aliphatic heterocycles. The van der Waals surface area contributed by atoms with Crippen molar-refractivity contribution in [2.75, 3.05) is 6.54 Å². The van der Waals surface area contributed by atoms with Crippen molar-refractivity contribution in [1.82, 2.24) is 15.3 Å². The summed E-state index contributed by atoms with van der Waals surface area (Å²) in [6.07, 6.45) is 2.84. The Morgan fingerprint density at radius 3 is 2.95 bits per heavy atom. The number of aromatic amines is 1. The van der Waals surface area contributed by atoms with Crippen molar-refractivity contribution in [2.24, 2.45) is 0 Å². The zero-order valence-electron chi connectivity index (χ0n) is 12.0. The molecule has 0 aliphatic carbocycles. The van der Waals surface area contributed by atoms with E-state index in [1.165, 1.54) is 31.4 Å². The van der Waals surface area contributed by atoms with E-state index in [9.17, 15) is 0 Å². The Balaban J connectivity index is 1.79. The topological polar surface area (TPSA) is 40.7 Å². The lowest BCUT2D eigenvalue weighted by Gasteiger charge is -2.23. The minimum atomic E-state index is 0.187. The molecule has 0 amide bonds. The first-order chi connectivity index (χ1) is 10.9. The van der Waals surface area contributed by atoms with Crippen LogP contribution in [0, 0.1) is 0 Å². The van der Waals surface area contributed by atoms with Gasteiger partial charge in [0, 0.05) is 38.8 Å². The van der Waals surface area contributed by atoms with E-state index in [2.05, 4.69) is 57.7 Å². The van der Waals surface area contributed by atoms with E-state index in [1.54, 1.807) is 0 Å². The summed E-state index contributed by atoms with van der Waals surface area (Å²) in [4.78, 5) is 7.85. The molecule has 3 nitrogen and oxygen atoms in total. The molecule has 1 aliphatic rings. The lowest BCUT2D eigenvalue weighted by atomic mass is 9.96. The van der Waals surface area contributed by atoms with Gasteiger partial charge in [-0.3, -0.25) is 0 Å². The van der Waals surface area contributed by atoms with Crippen LogP contribution < -0.4 is 5.32 Å². The van der Waals surface area contributed by atoms with Crippen LogP contribution in [0.5, 0.6) is 0 Å². The maximum atomic E-state index is 4.56. The van der Waals surface area contributed by atoms with E-state index < -0.39 is 0 Å². The molecule has 108 valence electrons. The summed E-state index contributed by atoms with van der Waals surface area (Å²) >= 11 is 1.88. The van der Waals surface area contributed by atoms with E-state index in [4.69, 9.17) is 0 Å². The number of hydrogen-bond acceptors (Lipinski definition) is 3. The standard InChI is InChI=1S/C18H15N3S/c1-2-7-15-11(4-1)12-5-3-6-13(18(12)22-15)16-17-14(8-9-19-16)20-10-21-17/h1-7,10,16,19H,8-9H2,(H,20,21)/t16-/m1/s1. The first-order valence-electron chi connectivity index (χ1n) is 7.57. The third kappa shape index (κ3) is 1.68. The SMILES string of the molecule is c1ccc2c(c1)sc1c([C@H]3NCCc4[nH]cnc43)cccc12. The number of nitrogens with one attached hydrogen (secondary N) is 2. The first-order valence-corrected chi connectivity index (χ1v) is 8.39. The number of fused-ring (bicyclic) bond motifs is 4. The number of rotatable bonds is 1. The molecule has 3 heterocycles. The molecule has 0 radical (unpaired) electrons. The second kappa shape index (κ2) is 4.66. The van der Waals surface area contributed by atoms with Gasteiger partial charge in [-0.2, -0.15) is 0 Å². The number of imidazole rings is 1. The maximum absolute atomic E-state index is 4.56. The predicted octanol–water partition coefficient (Wildman–Crippen LogP) is 4.01. The van der Waals surface area contributed by atoms with Crippen molar-refractivity contribution >= 4 is 31.5 Å². The minimum absolute atomic E-state index is 0.187. The molecular weight excluding hydrogens is 290 g/mol. The van der Waals surface area contributed by atoms with Crippen molar-refractivity contribution in [3.8, 4) is 0 Å². The van der Waals surface area contributed by atoms with Gasteiger partial charge in [-0.15, -0.1) is 11.3 Å². The molecule has 0 spiro atoms. The van der Waals surface area contributed by atoms with E-state index in [0.29, 0.717) is 0 Å². The Labute approximate surface area is 132 Å². The van der Waals surface area contributed by atoms with Crippen LogP contribution >= 0.6 is 11.3 Å². The van der Waals surface area contributed by atoms with Gasteiger partial charge in [0.15, 0.2) is 0 Å². The van der Waals surface area contributed by atoms with Crippen LogP contribution in [-0.2, 0) is 6.42 Å². The molecule has 1 atom stereocenters. The summed E-state index contributed by atoms with van der Waals surface area (Å²) in [6.45, 7) is 0.987. The van der Waals surface area contributed by atoms with Crippen LogP contribution in [0.25, 0.3) is 20.2 Å². The van der Waals surface area contributed by atoms with Gasteiger partial charge in [-0.05, 0) is 11.6 Å². The fraction of sp³-hybridized carbons (Fsp3) is 0.167. The molecule has 0 unspecified atom stereocenters. The van der Waals surface area contributed by atoms with Crippen LogP contribution in [0.4, 0.5) is 0 Å². The Morgan fingerprint density at radius 1 is 1.05 bits per heavy atom. The molecule has 22 heavy (non-hydrogen) atoms. The normalized spacial score (nSPS) is 17.9. The molecule has 2 N–H and O–H groups in total. The molecule has 5 rings (SSSR count). The lowest BCUT2D eigenvalue weighted by molar-refractivity contribution is 0.556. The Hall–Kier alpha value is -2.17.